The zero-order valence-electron chi connectivity index (χ0n) is 12.6. The fraction of sp³-hybridized carbons (Fsp3) is 0.667. The van der Waals surface area contributed by atoms with E-state index in [-0.39, 0.29) is 0 Å². The average Bonchev–Trinajstić information content (AvgIpc) is 2.34. The maximum absolute atomic E-state index is 3.92. The molecule has 0 nitrogen and oxygen atoms in total. The molecular weight excluding hydrogens is 216 g/mol. The van der Waals surface area contributed by atoms with E-state index in [2.05, 4.69) is 44.7 Å². The van der Waals surface area contributed by atoms with Crippen molar-refractivity contribution in [3.63, 3.8) is 0 Å². The fourth-order valence-electron chi connectivity index (χ4n) is 1.88. The second-order valence-corrected chi connectivity index (χ2v) is 5.23. The van der Waals surface area contributed by atoms with Crippen LogP contribution >= 0.6 is 0 Å². The van der Waals surface area contributed by atoms with Crippen molar-refractivity contribution in [2.75, 3.05) is 0 Å². The third-order valence-electron chi connectivity index (χ3n) is 3.05. The molecule has 0 amide bonds. The lowest BCUT2D eigenvalue weighted by atomic mass is 10.1. The van der Waals surface area contributed by atoms with Gasteiger partial charge in [0.25, 0.3) is 0 Å². The summed E-state index contributed by atoms with van der Waals surface area (Å²) in [6.45, 7) is 8.30. The SMILES string of the molecule is C=C(C)CCCCC=CCC=CCCCCCC. The number of unbranched alkanes of at least 4 members (excludes halogenated alkanes) is 6. The minimum absolute atomic E-state index is 1.11. The Kier molecular flexibility index (Phi) is 13.7. The Hall–Kier alpha value is -0.780. The molecule has 0 saturated carbocycles. The second kappa shape index (κ2) is 14.3. The minimum Gasteiger partial charge on any atom is -0.100 e. The van der Waals surface area contributed by atoms with Crippen molar-refractivity contribution in [1.82, 2.24) is 0 Å². The minimum atomic E-state index is 1.11. The smallest absolute Gasteiger partial charge is 0.0169 e. The van der Waals surface area contributed by atoms with Crippen molar-refractivity contribution in [1.29, 1.82) is 0 Å². The summed E-state index contributed by atoms with van der Waals surface area (Å²) >= 11 is 0. The molecule has 0 rings (SSSR count). The maximum Gasteiger partial charge on any atom is -0.0169 e. The van der Waals surface area contributed by atoms with Gasteiger partial charge in [-0.2, -0.15) is 0 Å². The Balaban J connectivity index is 3.21. The topological polar surface area (TPSA) is 0 Å². The number of allylic oxidation sites excluding steroid dienone is 5. The van der Waals surface area contributed by atoms with Gasteiger partial charge >= 0.3 is 0 Å². The summed E-state index contributed by atoms with van der Waals surface area (Å²) in [4.78, 5) is 0. The van der Waals surface area contributed by atoms with Crippen molar-refractivity contribution in [3.8, 4) is 0 Å². The van der Waals surface area contributed by atoms with Gasteiger partial charge in [-0.15, -0.1) is 6.58 Å². The van der Waals surface area contributed by atoms with Gasteiger partial charge in [0.2, 0.25) is 0 Å². The van der Waals surface area contributed by atoms with E-state index < -0.39 is 0 Å². The summed E-state index contributed by atoms with van der Waals surface area (Å²) < 4.78 is 0. The summed E-state index contributed by atoms with van der Waals surface area (Å²) in [7, 11) is 0. The zero-order valence-corrected chi connectivity index (χ0v) is 12.6. The molecule has 0 aromatic heterocycles. The molecule has 0 unspecified atom stereocenters. The van der Waals surface area contributed by atoms with Crippen molar-refractivity contribution in [2.24, 2.45) is 0 Å². The van der Waals surface area contributed by atoms with Gasteiger partial charge in [0.15, 0.2) is 0 Å². The molecule has 0 aliphatic rings. The number of rotatable bonds is 12. The molecule has 0 bridgehead atoms. The van der Waals surface area contributed by atoms with Gasteiger partial charge in [-0.1, -0.05) is 56.1 Å². The molecule has 0 saturated heterocycles. The highest BCUT2D eigenvalue weighted by Crippen LogP contribution is 2.07. The van der Waals surface area contributed by atoms with Gasteiger partial charge in [-0.05, 0) is 51.9 Å². The molecule has 104 valence electrons. The lowest BCUT2D eigenvalue weighted by Gasteiger charge is -1.96. The fourth-order valence-corrected chi connectivity index (χ4v) is 1.88. The Morgan fingerprint density at radius 3 is 2.00 bits per heavy atom. The van der Waals surface area contributed by atoms with Crippen LogP contribution in [0, 0.1) is 0 Å². The Labute approximate surface area is 115 Å². The van der Waals surface area contributed by atoms with Gasteiger partial charge in [-0.3, -0.25) is 0 Å². The predicted octanol–water partition coefficient (Wildman–Crippen LogP) is 6.60. The van der Waals surface area contributed by atoms with Crippen LogP contribution in [-0.4, -0.2) is 0 Å². The van der Waals surface area contributed by atoms with Crippen molar-refractivity contribution >= 4 is 0 Å². The van der Waals surface area contributed by atoms with Crippen LogP contribution in [0.1, 0.15) is 78.1 Å². The van der Waals surface area contributed by atoms with Crippen LogP contribution in [0.25, 0.3) is 0 Å². The quantitative estimate of drug-likeness (QED) is 0.270. The molecule has 0 spiro atoms. The van der Waals surface area contributed by atoms with Crippen molar-refractivity contribution < 1.29 is 0 Å². The van der Waals surface area contributed by atoms with E-state index >= 15 is 0 Å². The molecule has 0 heteroatoms. The van der Waals surface area contributed by atoms with E-state index in [1.165, 1.54) is 63.4 Å². The third-order valence-corrected chi connectivity index (χ3v) is 3.05. The number of hydrogen-bond acceptors (Lipinski definition) is 0. The maximum atomic E-state index is 3.92. The molecule has 18 heavy (non-hydrogen) atoms. The molecule has 0 radical (unpaired) electrons. The monoisotopic (exact) mass is 248 g/mol. The summed E-state index contributed by atoms with van der Waals surface area (Å²) in [6.07, 6.45) is 22.1. The highest BCUT2D eigenvalue weighted by atomic mass is 13.9. The normalized spacial score (nSPS) is 11.7. The van der Waals surface area contributed by atoms with Gasteiger partial charge in [0.05, 0.1) is 0 Å². The largest absolute Gasteiger partial charge is 0.100 e. The average molecular weight is 248 g/mol. The van der Waals surface area contributed by atoms with Crippen molar-refractivity contribution in [2.45, 2.75) is 78.1 Å². The van der Waals surface area contributed by atoms with Crippen LogP contribution in [0.3, 0.4) is 0 Å². The molecule has 0 atom stereocenters. The molecule has 0 fully saturated rings. The Morgan fingerprint density at radius 1 is 0.833 bits per heavy atom. The summed E-state index contributed by atoms with van der Waals surface area (Å²) in [6, 6.07) is 0. The highest BCUT2D eigenvalue weighted by Gasteiger charge is 1.87. The lowest BCUT2D eigenvalue weighted by molar-refractivity contribution is 0.674. The number of hydrogen-bond donors (Lipinski definition) is 0. The standard InChI is InChI=1S/C18H32/c1-4-5-6-7-8-9-10-11-12-13-14-15-16-17-18(2)3/h9-10,12-13H,2,4-8,11,14-17H2,1,3H3. The summed E-state index contributed by atoms with van der Waals surface area (Å²) in [5.41, 5.74) is 1.31. The molecular formula is C18H32. The zero-order chi connectivity index (χ0) is 13.5. The van der Waals surface area contributed by atoms with Crippen LogP contribution in [-0.2, 0) is 0 Å². The molecule has 0 N–H and O–H groups in total. The Morgan fingerprint density at radius 2 is 1.44 bits per heavy atom. The van der Waals surface area contributed by atoms with Crippen LogP contribution in [0.5, 0.6) is 0 Å². The van der Waals surface area contributed by atoms with Crippen LogP contribution in [0.2, 0.25) is 0 Å². The lowest BCUT2D eigenvalue weighted by Crippen LogP contribution is -1.76. The third kappa shape index (κ3) is 15.2. The van der Waals surface area contributed by atoms with Crippen LogP contribution in [0.15, 0.2) is 36.5 Å². The van der Waals surface area contributed by atoms with E-state index in [1.54, 1.807) is 0 Å². The molecule has 0 aromatic carbocycles. The Bertz CT molecular complexity index is 232. The summed E-state index contributed by atoms with van der Waals surface area (Å²) in [5.74, 6) is 0. The van der Waals surface area contributed by atoms with Gasteiger partial charge < -0.3 is 0 Å². The van der Waals surface area contributed by atoms with E-state index in [0.29, 0.717) is 0 Å². The molecule has 0 heterocycles. The molecule has 0 aliphatic carbocycles. The first-order chi connectivity index (χ1) is 8.77. The first-order valence-electron chi connectivity index (χ1n) is 7.71. The molecule has 0 aromatic rings. The van der Waals surface area contributed by atoms with Gasteiger partial charge in [-0.25, -0.2) is 0 Å². The second-order valence-electron chi connectivity index (χ2n) is 5.23. The van der Waals surface area contributed by atoms with Crippen LogP contribution in [0.4, 0.5) is 0 Å². The van der Waals surface area contributed by atoms with Crippen molar-refractivity contribution in [3.05, 3.63) is 36.5 Å². The van der Waals surface area contributed by atoms with E-state index in [0.717, 1.165) is 6.42 Å². The summed E-state index contributed by atoms with van der Waals surface area (Å²) in [5, 5.41) is 0. The van der Waals surface area contributed by atoms with Gasteiger partial charge in [0.1, 0.15) is 0 Å². The van der Waals surface area contributed by atoms with E-state index in [4.69, 9.17) is 0 Å². The highest BCUT2D eigenvalue weighted by molar-refractivity contribution is 4.93. The van der Waals surface area contributed by atoms with E-state index in [9.17, 15) is 0 Å². The van der Waals surface area contributed by atoms with Crippen LogP contribution < -0.4 is 0 Å². The first-order valence-corrected chi connectivity index (χ1v) is 7.71. The van der Waals surface area contributed by atoms with Gasteiger partial charge in [0, 0.05) is 0 Å². The molecule has 0 aliphatic heterocycles. The predicted molar refractivity (Wildman–Crippen MR) is 84.9 cm³/mol. The van der Waals surface area contributed by atoms with E-state index in [1.807, 2.05) is 0 Å². The first kappa shape index (κ1) is 17.2.